The summed E-state index contributed by atoms with van der Waals surface area (Å²) in [4.78, 5) is 35.4. The van der Waals surface area contributed by atoms with E-state index in [0.29, 0.717) is 28.4 Å². The molecule has 2 aromatic rings. The number of hydrogen-bond donors (Lipinski definition) is 2. The molecule has 8 heteroatoms. The third-order valence-corrected chi connectivity index (χ3v) is 3.97. The van der Waals surface area contributed by atoms with Gasteiger partial charge in [0.25, 0.3) is 5.91 Å². The molecule has 8 nitrogen and oxygen atoms in total. The Bertz CT molecular complexity index is 937. The number of esters is 1. The smallest absolute Gasteiger partial charge is 0.331 e. The van der Waals surface area contributed by atoms with E-state index in [0.717, 1.165) is 0 Å². The summed E-state index contributed by atoms with van der Waals surface area (Å²) in [6.07, 6.45) is 1.72. The Morgan fingerprint density at radius 2 is 1.57 bits per heavy atom. The Morgan fingerprint density at radius 3 is 2.13 bits per heavy atom. The van der Waals surface area contributed by atoms with Crippen LogP contribution in [0.4, 0.5) is 11.4 Å². The molecule has 2 rings (SSSR count). The van der Waals surface area contributed by atoms with Crippen LogP contribution in [0.2, 0.25) is 0 Å². The lowest BCUT2D eigenvalue weighted by Crippen LogP contribution is -2.29. The minimum Gasteiger partial charge on any atom is -0.493 e. The van der Waals surface area contributed by atoms with Crippen molar-refractivity contribution < 1.29 is 28.6 Å². The molecular formula is C22H24N2O6. The summed E-state index contributed by atoms with van der Waals surface area (Å²) >= 11 is 0. The number of hydrogen-bond acceptors (Lipinski definition) is 6. The maximum absolute atomic E-state index is 12.3. The molecule has 0 unspecified atom stereocenters. The molecule has 0 saturated heterocycles. The lowest BCUT2D eigenvalue weighted by atomic mass is 10.1. The molecule has 0 spiro atoms. The third-order valence-electron chi connectivity index (χ3n) is 3.97. The lowest BCUT2D eigenvalue weighted by Gasteiger charge is -2.13. The van der Waals surface area contributed by atoms with Crippen LogP contribution in [0.5, 0.6) is 11.5 Å². The Morgan fingerprint density at radius 1 is 0.933 bits per heavy atom. The van der Waals surface area contributed by atoms with Gasteiger partial charge in [-0.3, -0.25) is 9.59 Å². The number of amides is 2. The van der Waals surface area contributed by atoms with Gasteiger partial charge < -0.3 is 24.8 Å². The van der Waals surface area contributed by atoms with Crippen molar-refractivity contribution in [2.75, 3.05) is 24.9 Å². The van der Waals surface area contributed by atoms with E-state index in [-0.39, 0.29) is 5.91 Å². The molecule has 2 aromatic carbocycles. The van der Waals surface area contributed by atoms with E-state index in [1.807, 2.05) is 0 Å². The molecule has 2 amide bonds. The molecule has 2 N–H and O–H groups in total. The quantitative estimate of drug-likeness (QED) is 0.510. The summed E-state index contributed by atoms with van der Waals surface area (Å²) in [5, 5.41) is 5.28. The molecule has 0 saturated carbocycles. The van der Waals surface area contributed by atoms with Crippen molar-refractivity contribution >= 4 is 35.2 Å². The van der Waals surface area contributed by atoms with Crippen molar-refractivity contribution in [3.05, 3.63) is 54.1 Å². The zero-order valence-corrected chi connectivity index (χ0v) is 17.2. The van der Waals surface area contributed by atoms with E-state index in [1.54, 1.807) is 42.5 Å². The van der Waals surface area contributed by atoms with Crippen molar-refractivity contribution in [1.82, 2.24) is 0 Å². The van der Waals surface area contributed by atoms with Gasteiger partial charge in [-0.25, -0.2) is 4.79 Å². The van der Waals surface area contributed by atoms with Crippen LogP contribution in [0.25, 0.3) is 6.08 Å². The van der Waals surface area contributed by atoms with E-state index in [9.17, 15) is 14.4 Å². The van der Waals surface area contributed by atoms with E-state index in [1.165, 1.54) is 40.2 Å². The van der Waals surface area contributed by atoms with Gasteiger partial charge >= 0.3 is 5.97 Å². The van der Waals surface area contributed by atoms with Crippen molar-refractivity contribution in [1.29, 1.82) is 0 Å². The molecule has 158 valence electrons. The van der Waals surface area contributed by atoms with Crippen LogP contribution in [0.3, 0.4) is 0 Å². The molecule has 0 radical (unpaired) electrons. The average Bonchev–Trinajstić information content (AvgIpc) is 2.72. The molecular weight excluding hydrogens is 388 g/mol. The molecule has 30 heavy (non-hydrogen) atoms. The van der Waals surface area contributed by atoms with Gasteiger partial charge in [0.1, 0.15) is 0 Å². The predicted octanol–water partition coefficient (Wildman–Crippen LogP) is 3.25. The molecule has 0 heterocycles. The monoisotopic (exact) mass is 412 g/mol. The summed E-state index contributed by atoms with van der Waals surface area (Å²) in [5.41, 5.74) is 1.75. The van der Waals surface area contributed by atoms with Gasteiger partial charge in [0.05, 0.1) is 14.2 Å². The molecule has 0 aliphatic rings. The summed E-state index contributed by atoms with van der Waals surface area (Å²) in [6.45, 7) is 2.88. The number of anilines is 2. The van der Waals surface area contributed by atoms with E-state index >= 15 is 0 Å². The second-order valence-corrected chi connectivity index (χ2v) is 6.24. The minimum absolute atomic E-state index is 0.188. The number of benzene rings is 2. The maximum Gasteiger partial charge on any atom is 0.331 e. The highest BCUT2D eigenvalue weighted by Crippen LogP contribution is 2.31. The van der Waals surface area contributed by atoms with Crippen molar-refractivity contribution in [2.45, 2.75) is 20.0 Å². The van der Waals surface area contributed by atoms with Gasteiger partial charge in [-0.2, -0.15) is 0 Å². The Labute approximate surface area is 174 Å². The van der Waals surface area contributed by atoms with Gasteiger partial charge in [-0.15, -0.1) is 0 Å². The highest BCUT2D eigenvalue weighted by atomic mass is 16.5. The van der Waals surface area contributed by atoms with Crippen LogP contribution in [0.1, 0.15) is 19.4 Å². The number of ether oxygens (including phenoxy) is 3. The highest BCUT2D eigenvalue weighted by molar-refractivity contribution is 5.97. The van der Waals surface area contributed by atoms with Crippen LogP contribution in [0.15, 0.2) is 48.5 Å². The Hall–Kier alpha value is -3.81. The van der Waals surface area contributed by atoms with Gasteiger partial charge in [0.2, 0.25) is 5.91 Å². The molecule has 0 aromatic heterocycles. The van der Waals surface area contributed by atoms with E-state index in [2.05, 4.69) is 10.6 Å². The topological polar surface area (TPSA) is 103 Å². The van der Waals surface area contributed by atoms with Crippen LogP contribution < -0.4 is 20.1 Å². The normalized spacial score (nSPS) is 11.5. The first kappa shape index (κ1) is 22.5. The first-order valence-electron chi connectivity index (χ1n) is 9.12. The second-order valence-electron chi connectivity index (χ2n) is 6.24. The summed E-state index contributed by atoms with van der Waals surface area (Å²) < 4.78 is 15.7. The predicted molar refractivity (Wildman–Crippen MR) is 114 cm³/mol. The largest absolute Gasteiger partial charge is 0.493 e. The zero-order valence-electron chi connectivity index (χ0n) is 17.2. The number of para-hydroxylation sites is 1. The summed E-state index contributed by atoms with van der Waals surface area (Å²) in [7, 11) is 3.02. The fourth-order valence-electron chi connectivity index (χ4n) is 2.55. The average molecular weight is 412 g/mol. The Balaban J connectivity index is 1.94. The SMILES string of the molecule is COc1cccc(/C=C/C(=O)O[C@@H](C)C(=O)Nc2ccc(NC(C)=O)cc2)c1OC. The van der Waals surface area contributed by atoms with Gasteiger partial charge in [-0.05, 0) is 43.3 Å². The van der Waals surface area contributed by atoms with Crippen LogP contribution in [-0.2, 0) is 19.1 Å². The highest BCUT2D eigenvalue weighted by Gasteiger charge is 2.17. The third kappa shape index (κ3) is 6.37. The van der Waals surface area contributed by atoms with Gasteiger partial charge in [0.15, 0.2) is 17.6 Å². The Kier molecular flexibility index (Phi) is 7.99. The molecule has 1 atom stereocenters. The van der Waals surface area contributed by atoms with E-state index in [4.69, 9.17) is 14.2 Å². The number of carbonyl (C=O) groups is 3. The van der Waals surface area contributed by atoms with Crippen molar-refractivity contribution in [3.8, 4) is 11.5 Å². The van der Waals surface area contributed by atoms with Gasteiger partial charge in [0, 0.05) is 29.9 Å². The number of methoxy groups -OCH3 is 2. The zero-order chi connectivity index (χ0) is 22.1. The second kappa shape index (κ2) is 10.7. The molecule has 0 bridgehead atoms. The standard InChI is InChI=1S/C22H24N2O6/c1-14(22(27)24-18-11-9-17(10-12-18)23-15(2)25)30-20(26)13-8-16-6-5-7-19(28-3)21(16)29-4/h5-14H,1-4H3,(H,23,25)(H,24,27)/b13-8+/t14-/m0/s1. The fraction of sp³-hybridized carbons (Fsp3) is 0.227. The first-order valence-corrected chi connectivity index (χ1v) is 9.12. The summed E-state index contributed by atoms with van der Waals surface area (Å²) in [5.74, 6) is -0.332. The maximum atomic E-state index is 12.3. The summed E-state index contributed by atoms with van der Waals surface area (Å²) in [6, 6.07) is 11.8. The van der Waals surface area contributed by atoms with E-state index < -0.39 is 18.0 Å². The number of nitrogens with one attached hydrogen (secondary N) is 2. The van der Waals surface area contributed by atoms with Crippen LogP contribution in [-0.4, -0.2) is 38.1 Å². The number of carbonyl (C=O) groups excluding carboxylic acids is 3. The van der Waals surface area contributed by atoms with Crippen molar-refractivity contribution in [2.24, 2.45) is 0 Å². The van der Waals surface area contributed by atoms with Crippen molar-refractivity contribution in [3.63, 3.8) is 0 Å². The fourth-order valence-corrected chi connectivity index (χ4v) is 2.55. The molecule has 0 aliphatic carbocycles. The van der Waals surface area contributed by atoms with Crippen LogP contribution >= 0.6 is 0 Å². The molecule has 0 aliphatic heterocycles. The minimum atomic E-state index is -1.01. The number of rotatable bonds is 8. The first-order chi connectivity index (χ1) is 14.3. The van der Waals surface area contributed by atoms with Gasteiger partial charge in [-0.1, -0.05) is 12.1 Å². The van der Waals surface area contributed by atoms with Crippen LogP contribution in [0, 0.1) is 0 Å². The molecule has 0 fully saturated rings. The lowest BCUT2D eigenvalue weighted by molar-refractivity contribution is -0.148.